The molecule has 1 saturated heterocycles. The number of likely N-dealkylation sites (N-methyl/N-ethyl adjacent to an activating group) is 1. The normalized spacial score (nSPS) is 16.1. The number of thioether (sulfide) groups is 1. The van der Waals surface area contributed by atoms with E-state index in [4.69, 9.17) is 9.47 Å². The molecule has 7 heteroatoms. The number of amides is 1. The maximum Gasteiger partial charge on any atom is 0.338 e. The van der Waals surface area contributed by atoms with E-state index in [-0.39, 0.29) is 5.91 Å². The SMILES string of the molecule is CCOC(=O)c1cccc(N=C2SC(=Cc3ccc(OCC)c4ccccc34)C(=O)N2C)c1. The molecule has 4 rings (SSSR count). The molecule has 0 radical (unpaired) electrons. The summed E-state index contributed by atoms with van der Waals surface area (Å²) < 4.78 is 10.8. The maximum absolute atomic E-state index is 12.9. The second kappa shape index (κ2) is 9.92. The molecule has 3 aromatic rings. The minimum absolute atomic E-state index is 0.127. The van der Waals surface area contributed by atoms with E-state index in [0.29, 0.717) is 34.5 Å². The summed E-state index contributed by atoms with van der Waals surface area (Å²) in [7, 11) is 1.69. The summed E-state index contributed by atoms with van der Waals surface area (Å²) >= 11 is 1.30. The highest BCUT2D eigenvalue weighted by molar-refractivity contribution is 8.18. The van der Waals surface area contributed by atoms with Crippen LogP contribution in [0.3, 0.4) is 0 Å². The van der Waals surface area contributed by atoms with Gasteiger partial charge in [0.1, 0.15) is 5.75 Å². The van der Waals surface area contributed by atoms with E-state index in [0.717, 1.165) is 22.1 Å². The maximum atomic E-state index is 12.9. The van der Waals surface area contributed by atoms with E-state index < -0.39 is 5.97 Å². The quantitative estimate of drug-likeness (QED) is 0.351. The Bertz CT molecular complexity index is 1280. The zero-order valence-electron chi connectivity index (χ0n) is 18.7. The lowest BCUT2D eigenvalue weighted by atomic mass is 10.0. The van der Waals surface area contributed by atoms with E-state index in [2.05, 4.69) is 4.99 Å². The lowest BCUT2D eigenvalue weighted by molar-refractivity contribution is -0.121. The number of ether oxygens (including phenoxy) is 2. The van der Waals surface area contributed by atoms with Crippen molar-refractivity contribution in [2.24, 2.45) is 4.99 Å². The molecule has 0 unspecified atom stereocenters. The van der Waals surface area contributed by atoms with E-state index in [1.54, 1.807) is 38.2 Å². The molecule has 1 aliphatic rings. The number of carbonyl (C=O) groups excluding carboxylic acids is 2. The molecule has 6 nitrogen and oxygen atoms in total. The average Bonchev–Trinajstić information content (AvgIpc) is 3.09. The van der Waals surface area contributed by atoms with Crippen LogP contribution in [0.4, 0.5) is 5.69 Å². The molecule has 1 aliphatic heterocycles. The van der Waals surface area contributed by atoms with Crippen LogP contribution >= 0.6 is 11.8 Å². The number of carbonyl (C=O) groups is 2. The number of rotatable bonds is 6. The van der Waals surface area contributed by atoms with Gasteiger partial charge in [0, 0.05) is 12.4 Å². The van der Waals surface area contributed by atoms with Gasteiger partial charge in [-0.05, 0) is 66.9 Å². The molecule has 1 amide bonds. The van der Waals surface area contributed by atoms with Crippen LogP contribution in [0, 0.1) is 0 Å². The minimum Gasteiger partial charge on any atom is -0.493 e. The van der Waals surface area contributed by atoms with Crippen molar-refractivity contribution >= 4 is 51.3 Å². The third kappa shape index (κ3) is 4.78. The van der Waals surface area contributed by atoms with E-state index in [1.165, 1.54) is 16.7 Å². The number of aliphatic imine (C=N–C) groups is 1. The zero-order chi connectivity index (χ0) is 23.4. The first-order valence-electron chi connectivity index (χ1n) is 10.7. The van der Waals surface area contributed by atoms with Gasteiger partial charge in [-0.25, -0.2) is 9.79 Å². The van der Waals surface area contributed by atoms with E-state index in [9.17, 15) is 9.59 Å². The summed E-state index contributed by atoms with van der Waals surface area (Å²) in [5.74, 6) is 0.297. The summed E-state index contributed by atoms with van der Waals surface area (Å²) in [5.41, 5.74) is 1.94. The Kier molecular flexibility index (Phi) is 6.79. The first-order valence-corrected chi connectivity index (χ1v) is 11.5. The van der Waals surface area contributed by atoms with E-state index >= 15 is 0 Å². The number of esters is 1. The molecule has 0 saturated carbocycles. The van der Waals surface area contributed by atoms with Crippen LogP contribution < -0.4 is 4.74 Å². The summed E-state index contributed by atoms with van der Waals surface area (Å²) in [5, 5.41) is 2.56. The van der Waals surface area contributed by atoms with Crippen LogP contribution in [0.2, 0.25) is 0 Å². The van der Waals surface area contributed by atoms with Crippen LogP contribution in [0.15, 0.2) is 70.6 Å². The Morgan fingerprint density at radius 2 is 1.82 bits per heavy atom. The first kappa shape index (κ1) is 22.6. The lowest BCUT2D eigenvalue weighted by Gasteiger charge is -2.10. The van der Waals surface area contributed by atoms with E-state index in [1.807, 2.05) is 49.4 Å². The number of benzene rings is 3. The standard InChI is InChI=1S/C26H24N2O4S/c1-4-31-22-14-13-17(20-11-6-7-12-21(20)22)16-23-24(29)28(3)26(33-23)27-19-10-8-9-18(15-19)25(30)32-5-2/h6-16H,4-5H2,1-3H3. The van der Waals surface area contributed by atoms with Gasteiger partial charge in [0.25, 0.3) is 5.91 Å². The largest absolute Gasteiger partial charge is 0.493 e. The van der Waals surface area contributed by atoms with Crippen molar-refractivity contribution in [1.82, 2.24) is 4.90 Å². The number of hydrogen-bond acceptors (Lipinski definition) is 6. The summed E-state index contributed by atoms with van der Waals surface area (Å²) in [6.07, 6.45) is 1.89. The number of amidine groups is 1. The van der Waals surface area contributed by atoms with Crippen LogP contribution in [0.25, 0.3) is 16.8 Å². The second-order valence-electron chi connectivity index (χ2n) is 7.27. The monoisotopic (exact) mass is 460 g/mol. The predicted molar refractivity (Wildman–Crippen MR) is 133 cm³/mol. The molecular weight excluding hydrogens is 436 g/mol. The van der Waals surface area contributed by atoms with Gasteiger partial charge >= 0.3 is 5.97 Å². The fourth-order valence-electron chi connectivity index (χ4n) is 3.52. The third-order valence-corrected chi connectivity index (χ3v) is 6.15. The van der Waals surface area contributed by atoms with Crippen molar-refractivity contribution in [3.63, 3.8) is 0 Å². The van der Waals surface area contributed by atoms with Crippen LogP contribution in [0.5, 0.6) is 5.75 Å². The molecule has 168 valence electrons. The number of hydrogen-bond donors (Lipinski definition) is 0. The lowest BCUT2D eigenvalue weighted by Crippen LogP contribution is -2.23. The Hall–Kier alpha value is -3.58. The van der Waals surface area contributed by atoms with Crippen LogP contribution in [-0.4, -0.2) is 42.2 Å². The van der Waals surface area contributed by atoms with Gasteiger partial charge in [-0.2, -0.15) is 0 Å². The number of fused-ring (bicyclic) bond motifs is 1. The molecule has 0 bridgehead atoms. The van der Waals surface area contributed by atoms with Crippen molar-refractivity contribution < 1.29 is 19.1 Å². The molecule has 3 aromatic carbocycles. The van der Waals surface area contributed by atoms with Gasteiger partial charge in [0.15, 0.2) is 5.17 Å². The van der Waals surface area contributed by atoms with Gasteiger partial charge in [0.05, 0.1) is 29.4 Å². The van der Waals surface area contributed by atoms with Crippen molar-refractivity contribution in [3.8, 4) is 5.75 Å². The molecule has 0 N–H and O–H groups in total. The van der Waals surface area contributed by atoms with Gasteiger partial charge in [-0.3, -0.25) is 9.69 Å². The van der Waals surface area contributed by atoms with Gasteiger partial charge < -0.3 is 9.47 Å². The summed E-state index contributed by atoms with van der Waals surface area (Å²) in [6, 6.07) is 18.8. The molecule has 0 aromatic heterocycles. The smallest absolute Gasteiger partial charge is 0.338 e. The average molecular weight is 461 g/mol. The zero-order valence-corrected chi connectivity index (χ0v) is 19.5. The number of nitrogens with zero attached hydrogens (tertiary/aromatic N) is 2. The molecule has 0 spiro atoms. The molecule has 1 heterocycles. The predicted octanol–water partition coefficient (Wildman–Crippen LogP) is 5.65. The Morgan fingerprint density at radius 3 is 2.58 bits per heavy atom. The fraction of sp³-hybridized carbons (Fsp3) is 0.192. The van der Waals surface area contributed by atoms with Crippen molar-refractivity contribution in [3.05, 3.63) is 76.7 Å². The highest BCUT2D eigenvalue weighted by atomic mass is 32.2. The van der Waals surface area contributed by atoms with Crippen molar-refractivity contribution in [2.75, 3.05) is 20.3 Å². The summed E-state index contributed by atoms with van der Waals surface area (Å²) in [4.78, 5) is 31.6. The minimum atomic E-state index is -0.397. The van der Waals surface area contributed by atoms with Gasteiger partial charge in [-0.1, -0.05) is 36.4 Å². The highest BCUT2D eigenvalue weighted by Crippen LogP contribution is 2.36. The Balaban J connectivity index is 1.66. The summed E-state index contributed by atoms with van der Waals surface area (Å²) in [6.45, 7) is 4.61. The topological polar surface area (TPSA) is 68.2 Å². The van der Waals surface area contributed by atoms with Crippen LogP contribution in [0.1, 0.15) is 29.8 Å². The van der Waals surface area contributed by atoms with Crippen LogP contribution in [-0.2, 0) is 9.53 Å². The molecular formula is C26H24N2O4S. The van der Waals surface area contributed by atoms with Crippen molar-refractivity contribution in [2.45, 2.75) is 13.8 Å². The van der Waals surface area contributed by atoms with Gasteiger partial charge in [-0.15, -0.1) is 0 Å². The molecule has 33 heavy (non-hydrogen) atoms. The molecule has 0 atom stereocenters. The third-order valence-electron chi connectivity index (χ3n) is 5.09. The Labute approximate surface area is 196 Å². The van der Waals surface area contributed by atoms with Crippen molar-refractivity contribution in [1.29, 1.82) is 0 Å². The molecule has 0 aliphatic carbocycles. The highest BCUT2D eigenvalue weighted by Gasteiger charge is 2.30. The fourth-order valence-corrected chi connectivity index (χ4v) is 4.50. The molecule has 1 fully saturated rings. The second-order valence-corrected chi connectivity index (χ2v) is 8.28. The Morgan fingerprint density at radius 1 is 1.03 bits per heavy atom. The van der Waals surface area contributed by atoms with Gasteiger partial charge in [0.2, 0.25) is 0 Å². The first-order chi connectivity index (χ1) is 16.0.